The molecule has 1 aromatic carbocycles. The van der Waals surface area contributed by atoms with Gasteiger partial charge >= 0.3 is 6.36 Å². The molecule has 1 aromatic rings. The number of thioether (sulfide) groups is 1. The molecule has 2 rings (SSSR count). The predicted molar refractivity (Wildman–Crippen MR) is 52.8 cm³/mol. The Balaban J connectivity index is 2.31. The van der Waals surface area contributed by atoms with Crippen LogP contribution < -0.4 is 4.74 Å². The van der Waals surface area contributed by atoms with Crippen molar-refractivity contribution in [3.05, 3.63) is 23.8 Å². The van der Waals surface area contributed by atoms with Gasteiger partial charge in [-0.05, 0) is 18.2 Å². The van der Waals surface area contributed by atoms with E-state index in [4.69, 9.17) is 0 Å². The largest absolute Gasteiger partial charge is 0.573 e. The van der Waals surface area contributed by atoms with Gasteiger partial charge in [0.25, 0.3) is 0 Å². The summed E-state index contributed by atoms with van der Waals surface area (Å²) in [5, 5.41) is 0. The highest BCUT2D eigenvalue weighted by atomic mass is 32.2. The average Bonchev–Trinajstić information content (AvgIpc) is 2.17. The minimum absolute atomic E-state index is 0.138. The molecular weight excluding hydrogens is 241 g/mol. The lowest BCUT2D eigenvalue weighted by molar-refractivity contribution is -0.274. The Morgan fingerprint density at radius 2 is 2.06 bits per heavy atom. The minimum atomic E-state index is -4.72. The van der Waals surface area contributed by atoms with E-state index in [1.807, 2.05) is 0 Å². The summed E-state index contributed by atoms with van der Waals surface area (Å²) in [5.74, 6) is 0.189. The molecular formula is C10H7F3O2S. The zero-order valence-corrected chi connectivity index (χ0v) is 8.82. The fourth-order valence-electron chi connectivity index (χ4n) is 1.44. The first-order valence-corrected chi connectivity index (χ1v) is 5.50. The van der Waals surface area contributed by atoms with E-state index in [0.29, 0.717) is 22.6 Å². The van der Waals surface area contributed by atoms with Gasteiger partial charge in [0, 0.05) is 22.6 Å². The molecule has 2 nitrogen and oxygen atoms in total. The molecule has 1 aliphatic rings. The number of hydrogen-bond acceptors (Lipinski definition) is 3. The highest BCUT2D eigenvalue weighted by Crippen LogP contribution is 2.33. The summed E-state index contributed by atoms with van der Waals surface area (Å²) >= 11 is 1.46. The van der Waals surface area contributed by atoms with E-state index in [9.17, 15) is 18.0 Å². The summed E-state index contributed by atoms with van der Waals surface area (Å²) in [6, 6.07) is 3.85. The third-order valence-corrected chi connectivity index (χ3v) is 3.15. The Labute approximate surface area is 93.8 Å². The van der Waals surface area contributed by atoms with Crippen molar-refractivity contribution in [3.63, 3.8) is 0 Å². The van der Waals surface area contributed by atoms with Crippen LogP contribution in [0.4, 0.5) is 13.2 Å². The van der Waals surface area contributed by atoms with E-state index in [2.05, 4.69) is 4.74 Å². The molecule has 0 radical (unpaired) electrons. The van der Waals surface area contributed by atoms with Crippen LogP contribution in [0.2, 0.25) is 0 Å². The fourth-order valence-corrected chi connectivity index (χ4v) is 2.44. The molecule has 16 heavy (non-hydrogen) atoms. The third-order valence-electron chi connectivity index (χ3n) is 2.07. The topological polar surface area (TPSA) is 26.3 Å². The maximum atomic E-state index is 12.0. The van der Waals surface area contributed by atoms with Gasteiger partial charge in [-0.25, -0.2) is 0 Å². The van der Waals surface area contributed by atoms with Crippen molar-refractivity contribution in [2.45, 2.75) is 17.7 Å². The lowest BCUT2D eigenvalue weighted by atomic mass is 10.1. The molecule has 6 heteroatoms. The molecule has 86 valence electrons. The van der Waals surface area contributed by atoms with Crippen molar-refractivity contribution < 1.29 is 22.7 Å². The van der Waals surface area contributed by atoms with Gasteiger partial charge in [-0.15, -0.1) is 24.9 Å². The first-order chi connectivity index (χ1) is 7.46. The Morgan fingerprint density at radius 3 is 2.75 bits per heavy atom. The highest BCUT2D eigenvalue weighted by molar-refractivity contribution is 7.99. The molecule has 0 atom stereocenters. The Kier molecular flexibility index (Phi) is 2.84. The van der Waals surface area contributed by atoms with E-state index < -0.39 is 6.36 Å². The third kappa shape index (κ3) is 2.49. The van der Waals surface area contributed by atoms with Gasteiger partial charge in [-0.3, -0.25) is 4.79 Å². The monoisotopic (exact) mass is 248 g/mol. The van der Waals surface area contributed by atoms with Gasteiger partial charge in [-0.1, -0.05) is 0 Å². The molecule has 0 aromatic heterocycles. The number of hydrogen-bond donors (Lipinski definition) is 0. The number of benzene rings is 1. The van der Waals surface area contributed by atoms with Crippen LogP contribution in [0.5, 0.6) is 5.75 Å². The lowest BCUT2D eigenvalue weighted by Gasteiger charge is -2.16. The second-order valence-corrected chi connectivity index (χ2v) is 4.36. The number of carbonyl (C=O) groups excluding carboxylic acids is 1. The number of fused-ring (bicyclic) bond motifs is 1. The zero-order valence-electron chi connectivity index (χ0n) is 8.00. The Hall–Kier alpha value is -1.17. The van der Waals surface area contributed by atoms with Crippen LogP contribution in [-0.4, -0.2) is 17.9 Å². The average molecular weight is 248 g/mol. The van der Waals surface area contributed by atoms with Crippen molar-refractivity contribution in [2.24, 2.45) is 0 Å². The van der Waals surface area contributed by atoms with Crippen molar-refractivity contribution >= 4 is 17.5 Å². The number of alkyl halides is 3. The summed E-state index contributed by atoms with van der Waals surface area (Å²) in [7, 11) is 0. The molecule has 1 heterocycles. The summed E-state index contributed by atoms with van der Waals surface area (Å²) in [6.07, 6.45) is -4.37. The SMILES string of the molecule is O=C1CCSc2ccc(OC(F)(F)F)cc21. The van der Waals surface area contributed by atoms with Crippen molar-refractivity contribution in [1.82, 2.24) is 0 Å². The van der Waals surface area contributed by atoms with Crippen LogP contribution in [-0.2, 0) is 0 Å². The quantitative estimate of drug-likeness (QED) is 0.763. The van der Waals surface area contributed by atoms with Crippen LogP contribution in [0.1, 0.15) is 16.8 Å². The number of carbonyl (C=O) groups is 1. The molecule has 0 amide bonds. The number of ether oxygens (including phenoxy) is 1. The van der Waals surface area contributed by atoms with E-state index in [1.165, 1.54) is 23.9 Å². The van der Waals surface area contributed by atoms with Gasteiger partial charge in [-0.2, -0.15) is 0 Å². The summed E-state index contributed by atoms with van der Waals surface area (Å²) in [5.41, 5.74) is 0.318. The molecule has 0 spiro atoms. The van der Waals surface area contributed by atoms with Gasteiger partial charge in [0.15, 0.2) is 5.78 Å². The molecule has 0 unspecified atom stereocenters. The zero-order chi connectivity index (χ0) is 11.8. The first kappa shape index (κ1) is 11.3. The van der Waals surface area contributed by atoms with Gasteiger partial charge in [0.2, 0.25) is 0 Å². The van der Waals surface area contributed by atoms with Crippen LogP contribution in [0.15, 0.2) is 23.1 Å². The van der Waals surface area contributed by atoms with Crippen LogP contribution in [0, 0.1) is 0 Å². The van der Waals surface area contributed by atoms with Gasteiger partial charge < -0.3 is 4.74 Å². The van der Waals surface area contributed by atoms with Crippen LogP contribution in [0.25, 0.3) is 0 Å². The standard InChI is InChI=1S/C10H7F3O2S/c11-10(12,13)15-6-1-2-9-7(5-6)8(14)3-4-16-9/h1-2,5H,3-4H2. The number of halogens is 3. The molecule has 0 saturated heterocycles. The minimum Gasteiger partial charge on any atom is -0.406 e. The Morgan fingerprint density at radius 1 is 1.31 bits per heavy atom. The normalized spacial score (nSPS) is 15.8. The molecule has 0 fully saturated rings. The summed E-state index contributed by atoms with van der Waals surface area (Å²) < 4.78 is 39.6. The van der Waals surface area contributed by atoms with E-state index in [-0.39, 0.29) is 11.5 Å². The van der Waals surface area contributed by atoms with Crippen molar-refractivity contribution in [2.75, 3.05) is 5.75 Å². The molecule has 0 bridgehead atoms. The van der Waals surface area contributed by atoms with Crippen molar-refractivity contribution in [3.8, 4) is 5.75 Å². The predicted octanol–water partition coefficient (Wildman–Crippen LogP) is 3.26. The maximum Gasteiger partial charge on any atom is 0.573 e. The Bertz CT molecular complexity index is 429. The second-order valence-electron chi connectivity index (χ2n) is 3.23. The molecule has 0 N–H and O–H groups in total. The number of ketones is 1. The van der Waals surface area contributed by atoms with E-state index in [0.717, 1.165) is 6.07 Å². The number of Topliss-reactive ketones (excluding diaryl/α,β-unsaturated/α-hetero) is 1. The molecule has 0 aliphatic carbocycles. The summed E-state index contributed by atoms with van der Waals surface area (Å²) in [6.45, 7) is 0. The molecule has 0 saturated carbocycles. The van der Waals surface area contributed by atoms with Crippen LogP contribution >= 0.6 is 11.8 Å². The smallest absolute Gasteiger partial charge is 0.406 e. The van der Waals surface area contributed by atoms with Crippen LogP contribution in [0.3, 0.4) is 0 Å². The first-order valence-electron chi connectivity index (χ1n) is 4.51. The molecule has 1 aliphatic heterocycles. The lowest BCUT2D eigenvalue weighted by Crippen LogP contribution is -2.18. The fraction of sp³-hybridized carbons (Fsp3) is 0.300. The van der Waals surface area contributed by atoms with E-state index in [1.54, 1.807) is 0 Å². The highest BCUT2D eigenvalue weighted by Gasteiger charge is 2.31. The second kappa shape index (κ2) is 4.01. The maximum absolute atomic E-state index is 12.0. The van der Waals surface area contributed by atoms with Gasteiger partial charge in [0.05, 0.1) is 0 Å². The number of rotatable bonds is 1. The van der Waals surface area contributed by atoms with E-state index >= 15 is 0 Å². The van der Waals surface area contributed by atoms with Crippen molar-refractivity contribution in [1.29, 1.82) is 0 Å². The summed E-state index contributed by atoms with van der Waals surface area (Å²) in [4.78, 5) is 12.2. The van der Waals surface area contributed by atoms with Gasteiger partial charge in [0.1, 0.15) is 5.75 Å².